The molecule has 1 amide bonds. The minimum atomic E-state index is -4.08. The van der Waals surface area contributed by atoms with E-state index in [4.69, 9.17) is 24.4 Å². The molecule has 0 atom stereocenters. The molecule has 0 radical (unpaired) electrons. The zero-order valence-corrected chi connectivity index (χ0v) is 19.9. The first-order valence-electron chi connectivity index (χ1n) is 11.2. The standard InChI is InChI=1S/C24H25N3O7S/c1-31-17-4-2-16(3-5-17)22-26-23(24(34-22)27-10-8-15(9-11-27)21(25)28)35(29,30)18-6-7-19-20(14-18)33-13-12-32-19/h2-7,14-15H,8-13H2,1H3,(H2,25,28). The molecule has 3 heterocycles. The number of piperidine rings is 1. The molecule has 11 heteroatoms. The fraction of sp³-hybridized carbons (Fsp3) is 0.333. The molecule has 0 aliphatic carbocycles. The molecule has 0 unspecified atom stereocenters. The molecule has 5 rings (SSSR count). The van der Waals surface area contributed by atoms with E-state index in [-0.39, 0.29) is 33.5 Å². The first-order chi connectivity index (χ1) is 16.9. The van der Waals surface area contributed by atoms with E-state index in [2.05, 4.69) is 4.98 Å². The Labute approximate surface area is 202 Å². The normalized spacial score (nSPS) is 16.2. The zero-order valence-electron chi connectivity index (χ0n) is 19.1. The lowest BCUT2D eigenvalue weighted by atomic mass is 9.96. The van der Waals surface area contributed by atoms with E-state index < -0.39 is 9.84 Å². The summed E-state index contributed by atoms with van der Waals surface area (Å²) in [7, 11) is -2.52. The third-order valence-electron chi connectivity index (χ3n) is 6.18. The van der Waals surface area contributed by atoms with Gasteiger partial charge in [-0.3, -0.25) is 4.79 Å². The topological polar surface area (TPSA) is 134 Å². The predicted molar refractivity (Wildman–Crippen MR) is 126 cm³/mol. The number of methoxy groups -OCH3 is 1. The Hall–Kier alpha value is -3.73. The molecule has 2 N–H and O–H groups in total. The van der Waals surface area contributed by atoms with Gasteiger partial charge in [-0.15, -0.1) is 0 Å². The van der Waals surface area contributed by atoms with Crippen molar-refractivity contribution in [3.8, 4) is 28.7 Å². The second-order valence-corrected chi connectivity index (χ2v) is 10.2. The fourth-order valence-electron chi connectivity index (χ4n) is 4.20. The number of oxazole rings is 1. The summed E-state index contributed by atoms with van der Waals surface area (Å²) >= 11 is 0. The van der Waals surface area contributed by atoms with Crippen LogP contribution in [0.5, 0.6) is 17.2 Å². The molecular formula is C24H25N3O7S. The maximum Gasteiger partial charge on any atom is 0.236 e. The Bertz CT molecular complexity index is 1340. The van der Waals surface area contributed by atoms with Crippen molar-refractivity contribution in [3.05, 3.63) is 42.5 Å². The Balaban J connectivity index is 1.56. The van der Waals surface area contributed by atoms with Gasteiger partial charge in [0.2, 0.25) is 32.5 Å². The van der Waals surface area contributed by atoms with Gasteiger partial charge in [0.15, 0.2) is 11.5 Å². The van der Waals surface area contributed by atoms with Crippen molar-refractivity contribution in [2.75, 3.05) is 38.3 Å². The van der Waals surface area contributed by atoms with E-state index in [1.165, 1.54) is 12.1 Å². The van der Waals surface area contributed by atoms with Gasteiger partial charge in [-0.05, 0) is 49.2 Å². The molecule has 2 aromatic carbocycles. The highest BCUT2D eigenvalue weighted by Crippen LogP contribution is 2.39. The summed E-state index contributed by atoms with van der Waals surface area (Å²) in [5, 5.41) is -0.197. The summed E-state index contributed by atoms with van der Waals surface area (Å²) in [5.41, 5.74) is 6.06. The van der Waals surface area contributed by atoms with Crippen LogP contribution in [0.25, 0.3) is 11.5 Å². The molecule has 2 aliphatic rings. The summed E-state index contributed by atoms with van der Waals surface area (Å²) < 4.78 is 49.9. The zero-order chi connectivity index (χ0) is 24.6. The van der Waals surface area contributed by atoms with Crippen molar-refractivity contribution in [1.82, 2.24) is 4.98 Å². The average Bonchev–Trinajstić information content (AvgIpc) is 3.35. The molecule has 10 nitrogen and oxygen atoms in total. The molecule has 1 saturated heterocycles. The number of rotatable bonds is 6. The molecule has 1 aromatic heterocycles. The summed E-state index contributed by atoms with van der Waals surface area (Å²) in [4.78, 5) is 17.8. The van der Waals surface area contributed by atoms with Gasteiger partial charge in [0.05, 0.1) is 12.0 Å². The first kappa shape index (κ1) is 23.0. The van der Waals surface area contributed by atoms with Gasteiger partial charge in [-0.1, -0.05) is 0 Å². The van der Waals surface area contributed by atoms with Crippen LogP contribution in [-0.2, 0) is 14.6 Å². The highest BCUT2D eigenvalue weighted by molar-refractivity contribution is 7.91. The van der Waals surface area contributed by atoms with E-state index in [1.54, 1.807) is 42.3 Å². The lowest BCUT2D eigenvalue weighted by Crippen LogP contribution is -2.38. The summed E-state index contributed by atoms with van der Waals surface area (Å²) in [6.45, 7) is 1.56. The third kappa shape index (κ3) is 4.39. The number of hydrogen-bond donors (Lipinski definition) is 1. The van der Waals surface area contributed by atoms with Crippen LogP contribution in [0.3, 0.4) is 0 Å². The lowest BCUT2D eigenvalue weighted by molar-refractivity contribution is -0.122. The number of fused-ring (bicyclic) bond motifs is 1. The number of hydrogen-bond acceptors (Lipinski definition) is 9. The SMILES string of the molecule is COc1ccc(-c2nc(S(=O)(=O)c3ccc4c(c3)OCCO4)c(N3CCC(C(N)=O)CC3)o2)cc1. The van der Waals surface area contributed by atoms with Gasteiger partial charge in [0.25, 0.3) is 0 Å². The second-order valence-electron chi connectivity index (χ2n) is 8.33. The quantitative estimate of drug-likeness (QED) is 0.543. The molecule has 0 bridgehead atoms. The number of aromatic nitrogens is 1. The molecular weight excluding hydrogens is 474 g/mol. The van der Waals surface area contributed by atoms with Crippen molar-refractivity contribution < 1.29 is 31.8 Å². The van der Waals surface area contributed by atoms with Crippen molar-refractivity contribution >= 4 is 21.6 Å². The molecule has 0 saturated carbocycles. The van der Waals surface area contributed by atoms with Crippen molar-refractivity contribution in [2.45, 2.75) is 22.8 Å². The Morgan fingerprint density at radius 3 is 2.40 bits per heavy atom. The summed E-state index contributed by atoms with van der Waals surface area (Å²) in [6.07, 6.45) is 0.995. The minimum Gasteiger partial charge on any atom is -0.497 e. The van der Waals surface area contributed by atoms with Gasteiger partial charge in [0.1, 0.15) is 19.0 Å². The van der Waals surface area contributed by atoms with Crippen LogP contribution in [0.2, 0.25) is 0 Å². The van der Waals surface area contributed by atoms with E-state index in [1.807, 2.05) is 0 Å². The van der Waals surface area contributed by atoms with Crippen molar-refractivity contribution in [1.29, 1.82) is 0 Å². The van der Waals surface area contributed by atoms with Gasteiger partial charge in [0, 0.05) is 30.6 Å². The van der Waals surface area contributed by atoms with Crippen molar-refractivity contribution in [3.63, 3.8) is 0 Å². The molecule has 35 heavy (non-hydrogen) atoms. The monoisotopic (exact) mass is 499 g/mol. The number of nitrogens with zero attached hydrogens (tertiary/aromatic N) is 2. The highest BCUT2D eigenvalue weighted by Gasteiger charge is 2.34. The van der Waals surface area contributed by atoms with Gasteiger partial charge >= 0.3 is 0 Å². The molecule has 3 aromatic rings. The molecule has 0 spiro atoms. The van der Waals surface area contributed by atoms with Crippen molar-refractivity contribution in [2.24, 2.45) is 11.7 Å². The smallest absolute Gasteiger partial charge is 0.236 e. The predicted octanol–water partition coefficient (Wildman–Crippen LogP) is 2.66. The number of sulfone groups is 1. The van der Waals surface area contributed by atoms with Gasteiger partial charge in [-0.25, -0.2) is 8.42 Å². The largest absolute Gasteiger partial charge is 0.497 e. The van der Waals surface area contributed by atoms with Crippen LogP contribution in [0.4, 0.5) is 5.88 Å². The number of benzene rings is 2. The van der Waals surface area contributed by atoms with Crippen LogP contribution in [-0.4, -0.2) is 52.7 Å². The van der Waals surface area contributed by atoms with E-state index in [9.17, 15) is 13.2 Å². The molecule has 1 fully saturated rings. The fourth-order valence-corrected chi connectivity index (χ4v) is 5.54. The summed E-state index contributed by atoms with van der Waals surface area (Å²) in [5.74, 6) is 1.18. The molecule has 184 valence electrons. The van der Waals surface area contributed by atoms with E-state index >= 15 is 0 Å². The number of carbonyl (C=O) groups is 1. The Morgan fingerprint density at radius 2 is 1.74 bits per heavy atom. The van der Waals surface area contributed by atoms with Crippen LogP contribution < -0.4 is 24.8 Å². The maximum absolute atomic E-state index is 13.8. The van der Waals surface area contributed by atoms with Crippen LogP contribution in [0.15, 0.2) is 56.8 Å². The number of anilines is 1. The average molecular weight is 500 g/mol. The number of ether oxygens (including phenoxy) is 3. The van der Waals surface area contributed by atoms with Crippen LogP contribution in [0, 0.1) is 5.92 Å². The first-order valence-corrected chi connectivity index (χ1v) is 12.7. The molecule has 2 aliphatic heterocycles. The van der Waals surface area contributed by atoms with Gasteiger partial charge in [-0.2, -0.15) is 4.98 Å². The minimum absolute atomic E-state index is 0.0182. The lowest BCUT2D eigenvalue weighted by Gasteiger charge is -2.30. The number of nitrogens with two attached hydrogens (primary N) is 1. The number of amides is 1. The number of primary amides is 1. The maximum atomic E-state index is 13.8. The Morgan fingerprint density at radius 1 is 1.06 bits per heavy atom. The van der Waals surface area contributed by atoms with E-state index in [0.29, 0.717) is 62.0 Å². The number of carbonyl (C=O) groups excluding carboxylic acids is 1. The third-order valence-corrected chi connectivity index (χ3v) is 7.83. The van der Waals surface area contributed by atoms with Crippen LogP contribution >= 0.6 is 0 Å². The van der Waals surface area contributed by atoms with Gasteiger partial charge < -0.3 is 29.3 Å². The Kier molecular flexibility index (Phi) is 6.01. The highest BCUT2D eigenvalue weighted by atomic mass is 32.2. The summed E-state index contributed by atoms with van der Waals surface area (Å²) in [6, 6.07) is 11.5. The van der Waals surface area contributed by atoms with E-state index in [0.717, 1.165) is 0 Å². The van der Waals surface area contributed by atoms with Crippen LogP contribution in [0.1, 0.15) is 12.8 Å². The second kappa shape index (κ2) is 9.14.